The first-order valence-electron chi connectivity index (χ1n) is 5.88. The normalized spacial score (nSPS) is 12.6. The van der Waals surface area contributed by atoms with E-state index >= 15 is 0 Å². The number of hydrogen-bond donors (Lipinski definition) is 1. The second kappa shape index (κ2) is 6.28. The monoisotopic (exact) mass is 247 g/mol. The fourth-order valence-electron chi connectivity index (χ4n) is 1.77. The average molecular weight is 247 g/mol. The lowest BCUT2D eigenvalue weighted by Gasteiger charge is -2.05. The van der Waals surface area contributed by atoms with Crippen LogP contribution in [0.25, 0.3) is 0 Å². The van der Waals surface area contributed by atoms with Crippen LogP contribution in [0.1, 0.15) is 11.3 Å². The summed E-state index contributed by atoms with van der Waals surface area (Å²) in [7, 11) is 1.56. The highest BCUT2D eigenvalue weighted by Gasteiger charge is 2.08. The van der Waals surface area contributed by atoms with Crippen molar-refractivity contribution in [2.75, 3.05) is 13.7 Å². The first-order chi connectivity index (χ1) is 8.78. The zero-order valence-electron chi connectivity index (χ0n) is 10.4. The Labute approximate surface area is 106 Å². The average Bonchev–Trinajstić information content (AvgIpc) is 2.78. The summed E-state index contributed by atoms with van der Waals surface area (Å²) < 4.78 is 6.64. The quantitative estimate of drug-likeness (QED) is 0.823. The van der Waals surface area contributed by atoms with Gasteiger partial charge in [0.2, 0.25) is 0 Å². The number of aromatic nitrogens is 3. The van der Waals surface area contributed by atoms with Gasteiger partial charge in [0, 0.05) is 19.7 Å². The van der Waals surface area contributed by atoms with Crippen LogP contribution in [-0.2, 0) is 17.7 Å². The fourth-order valence-corrected chi connectivity index (χ4v) is 1.77. The van der Waals surface area contributed by atoms with Gasteiger partial charge in [0.15, 0.2) is 0 Å². The first-order valence-corrected chi connectivity index (χ1v) is 5.88. The molecular weight excluding hydrogens is 230 g/mol. The standard InChI is InChI=1S/C13H17N3O2/c1-18-10-13(17)7-12-9-16(15-14-12)8-11-5-3-2-4-6-11/h2-6,9,13,17H,7-8,10H2,1H3. The summed E-state index contributed by atoms with van der Waals surface area (Å²) in [5, 5.41) is 17.7. The Morgan fingerprint density at radius 2 is 2.11 bits per heavy atom. The van der Waals surface area contributed by atoms with E-state index in [2.05, 4.69) is 10.3 Å². The lowest BCUT2D eigenvalue weighted by molar-refractivity contribution is 0.0644. The molecule has 0 saturated carbocycles. The molecule has 96 valence electrons. The maximum absolute atomic E-state index is 9.60. The summed E-state index contributed by atoms with van der Waals surface area (Å²) in [5.74, 6) is 0. The predicted molar refractivity (Wildman–Crippen MR) is 67.2 cm³/mol. The molecule has 0 saturated heterocycles. The number of methoxy groups -OCH3 is 1. The van der Waals surface area contributed by atoms with Crippen molar-refractivity contribution in [2.24, 2.45) is 0 Å². The van der Waals surface area contributed by atoms with E-state index < -0.39 is 6.10 Å². The van der Waals surface area contributed by atoms with Gasteiger partial charge in [-0.1, -0.05) is 35.5 Å². The summed E-state index contributed by atoms with van der Waals surface area (Å²) in [4.78, 5) is 0. The molecule has 2 aromatic rings. The third-order valence-electron chi connectivity index (χ3n) is 2.58. The number of aliphatic hydroxyl groups excluding tert-OH is 1. The van der Waals surface area contributed by atoms with Crippen molar-refractivity contribution >= 4 is 0 Å². The highest BCUT2D eigenvalue weighted by atomic mass is 16.5. The molecule has 1 atom stereocenters. The van der Waals surface area contributed by atoms with Gasteiger partial charge in [-0.05, 0) is 5.56 Å². The van der Waals surface area contributed by atoms with Crippen LogP contribution in [0.3, 0.4) is 0 Å². The zero-order chi connectivity index (χ0) is 12.8. The van der Waals surface area contributed by atoms with Gasteiger partial charge in [-0.25, -0.2) is 4.68 Å². The molecular formula is C13H17N3O2. The highest BCUT2D eigenvalue weighted by Crippen LogP contribution is 2.04. The Morgan fingerprint density at radius 1 is 1.33 bits per heavy atom. The molecule has 0 aliphatic rings. The number of rotatable bonds is 6. The van der Waals surface area contributed by atoms with Crippen molar-refractivity contribution in [2.45, 2.75) is 19.1 Å². The lowest BCUT2D eigenvalue weighted by atomic mass is 10.2. The van der Waals surface area contributed by atoms with Crippen LogP contribution in [0.15, 0.2) is 36.5 Å². The lowest BCUT2D eigenvalue weighted by Crippen LogP contribution is -2.17. The molecule has 0 bridgehead atoms. The van der Waals surface area contributed by atoms with E-state index in [0.717, 1.165) is 5.69 Å². The number of nitrogens with zero attached hydrogens (tertiary/aromatic N) is 3. The highest BCUT2D eigenvalue weighted by molar-refractivity contribution is 5.14. The Morgan fingerprint density at radius 3 is 2.83 bits per heavy atom. The molecule has 1 N–H and O–H groups in total. The summed E-state index contributed by atoms with van der Waals surface area (Å²) in [6.07, 6.45) is 1.78. The van der Waals surface area contributed by atoms with Gasteiger partial charge in [0.25, 0.3) is 0 Å². The van der Waals surface area contributed by atoms with Crippen LogP contribution in [0.4, 0.5) is 0 Å². The molecule has 1 aromatic heterocycles. The minimum atomic E-state index is -0.531. The molecule has 1 unspecified atom stereocenters. The maximum atomic E-state index is 9.60. The van der Waals surface area contributed by atoms with Gasteiger partial charge in [-0.15, -0.1) is 5.10 Å². The summed E-state index contributed by atoms with van der Waals surface area (Å²) >= 11 is 0. The van der Waals surface area contributed by atoms with Gasteiger partial charge in [0.05, 0.1) is 24.9 Å². The molecule has 5 nitrogen and oxygen atoms in total. The predicted octanol–water partition coefficient (Wildman–Crippen LogP) is 0.876. The molecule has 5 heteroatoms. The Bertz CT molecular complexity index is 470. The molecule has 1 aromatic carbocycles. The Hall–Kier alpha value is -1.72. The number of hydrogen-bond acceptors (Lipinski definition) is 4. The van der Waals surface area contributed by atoms with E-state index in [0.29, 0.717) is 19.6 Å². The van der Waals surface area contributed by atoms with Crippen molar-refractivity contribution < 1.29 is 9.84 Å². The van der Waals surface area contributed by atoms with E-state index in [9.17, 15) is 5.11 Å². The van der Waals surface area contributed by atoms with Crippen molar-refractivity contribution in [3.8, 4) is 0 Å². The number of aliphatic hydroxyl groups is 1. The SMILES string of the molecule is COCC(O)Cc1cn(Cc2ccccc2)nn1. The van der Waals surface area contributed by atoms with Crippen LogP contribution in [0.5, 0.6) is 0 Å². The molecule has 18 heavy (non-hydrogen) atoms. The third-order valence-corrected chi connectivity index (χ3v) is 2.58. The van der Waals surface area contributed by atoms with E-state index in [1.54, 1.807) is 11.8 Å². The molecule has 2 rings (SSSR count). The summed E-state index contributed by atoms with van der Waals surface area (Å²) in [5.41, 5.74) is 1.95. The molecule has 0 aliphatic carbocycles. The van der Waals surface area contributed by atoms with Crippen LogP contribution in [-0.4, -0.2) is 39.9 Å². The van der Waals surface area contributed by atoms with Crippen molar-refractivity contribution in [3.63, 3.8) is 0 Å². The largest absolute Gasteiger partial charge is 0.390 e. The third kappa shape index (κ3) is 3.65. The van der Waals surface area contributed by atoms with Gasteiger partial charge in [-0.3, -0.25) is 0 Å². The Kier molecular flexibility index (Phi) is 4.44. The molecule has 0 radical (unpaired) electrons. The zero-order valence-corrected chi connectivity index (χ0v) is 10.4. The topological polar surface area (TPSA) is 60.2 Å². The minimum Gasteiger partial charge on any atom is -0.390 e. The molecule has 0 spiro atoms. The summed E-state index contributed by atoms with van der Waals surface area (Å²) in [6.45, 7) is 1.000. The summed E-state index contributed by atoms with van der Waals surface area (Å²) in [6, 6.07) is 10.1. The van der Waals surface area contributed by atoms with E-state index in [1.807, 2.05) is 36.5 Å². The molecule has 1 heterocycles. The van der Waals surface area contributed by atoms with Gasteiger partial charge >= 0.3 is 0 Å². The van der Waals surface area contributed by atoms with Crippen molar-refractivity contribution in [3.05, 3.63) is 47.8 Å². The van der Waals surface area contributed by atoms with E-state index in [4.69, 9.17) is 4.74 Å². The van der Waals surface area contributed by atoms with Crippen molar-refractivity contribution in [1.29, 1.82) is 0 Å². The van der Waals surface area contributed by atoms with Crippen LogP contribution >= 0.6 is 0 Å². The van der Waals surface area contributed by atoms with Crippen molar-refractivity contribution in [1.82, 2.24) is 15.0 Å². The molecule has 0 amide bonds. The minimum absolute atomic E-state index is 0.311. The smallest absolute Gasteiger partial charge is 0.0853 e. The van der Waals surface area contributed by atoms with Crippen LogP contribution in [0.2, 0.25) is 0 Å². The second-order valence-corrected chi connectivity index (χ2v) is 4.21. The molecule has 0 fully saturated rings. The van der Waals surface area contributed by atoms with Gasteiger partial charge < -0.3 is 9.84 Å². The maximum Gasteiger partial charge on any atom is 0.0853 e. The van der Waals surface area contributed by atoms with Crippen LogP contribution < -0.4 is 0 Å². The molecule has 0 aliphatic heterocycles. The Balaban J connectivity index is 1.94. The number of ether oxygens (including phenoxy) is 1. The van der Waals surface area contributed by atoms with E-state index in [-0.39, 0.29) is 0 Å². The van der Waals surface area contributed by atoms with Crippen LogP contribution in [0, 0.1) is 0 Å². The number of benzene rings is 1. The van der Waals surface area contributed by atoms with Gasteiger partial charge in [0.1, 0.15) is 0 Å². The van der Waals surface area contributed by atoms with Gasteiger partial charge in [-0.2, -0.15) is 0 Å². The first kappa shape index (κ1) is 12.7. The fraction of sp³-hybridized carbons (Fsp3) is 0.385. The van der Waals surface area contributed by atoms with E-state index in [1.165, 1.54) is 5.56 Å². The second-order valence-electron chi connectivity index (χ2n) is 4.21.